The van der Waals surface area contributed by atoms with E-state index in [9.17, 15) is 4.79 Å². The van der Waals surface area contributed by atoms with Crippen LogP contribution in [0, 0.1) is 5.41 Å². The van der Waals surface area contributed by atoms with Crippen molar-refractivity contribution in [3.05, 3.63) is 28.7 Å². The van der Waals surface area contributed by atoms with E-state index in [1.165, 1.54) is 6.42 Å². The van der Waals surface area contributed by atoms with Crippen LogP contribution in [0.3, 0.4) is 0 Å². The molecule has 0 spiro atoms. The van der Waals surface area contributed by atoms with E-state index in [4.69, 9.17) is 4.74 Å². The van der Waals surface area contributed by atoms with Crippen LogP contribution in [0.4, 0.5) is 0 Å². The molecule has 0 bridgehead atoms. The van der Waals surface area contributed by atoms with Gasteiger partial charge in [0.2, 0.25) is 5.91 Å². The SMILES string of the molecule is CC1(C)CCC(NC(=O)CCCOc2ccc(Br)cc2)C1. The van der Waals surface area contributed by atoms with Gasteiger partial charge in [0.1, 0.15) is 5.75 Å². The Balaban J connectivity index is 1.60. The van der Waals surface area contributed by atoms with Gasteiger partial charge < -0.3 is 10.1 Å². The normalized spacial score (nSPS) is 20.2. The zero-order valence-corrected chi connectivity index (χ0v) is 14.4. The molecule has 1 saturated carbocycles. The molecule has 4 heteroatoms. The first-order valence-electron chi connectivity index (χ1n) is 7.62. The van der Waals surface area contributed by atoms with Gasteiger partial charge in [-0.05, 0) is 55.4 Å². The number of nitrogens with one attached hydrogen (secondary N) is 1. The molecule has 0 saturated heterocycles. The molecule has 0 heterocycles. The van der Waals surface area contributed by atoms with Crippen LogP contribution in [0.25, 0.3) is 0 Å². The second-order valence-corrected chi connectivity index (χ2v) is 7.49. The van der Waals surface area contributed by atoms with Crippen molar-refractivity contribution in [1.29, 1.82) is 0 Å². The van der Waals surface area contributed by atoms with Crippen LogP contribution in [0.2, 0.25) is 0 Å². The summed E-state index contributed by atoms with van der Waals surface area (Å²) in [6.07, 6.45) is 4.68. The van der Waals surface area contributed by atoms with Crippen LogP contribution in [0.5, 0.6) is 5.75 Å². The molecule has 1 unspecified atom stereocenters. The summed E-state index contributed by atoms with van der Waals surface area (Å²) >= 11 is 3.39. The van der Waals surface area contributed by atoms with Crippen molar-refractivity contribution in [2.45, 2.75) is 52.0 Å². The molecular weight excluding hydrogens is 330 g/mol. The summed E-state index contributed by atoms with van der Waals surface area (Å²) in [5.74, 6) is 0.994. The van der Waals surface area contributed by atoms with E-state index in [0.717, 1.165) is 29.5 Å². The highest BCUT2D eigenvalue weighted by molar-refractivity contribution is 9.10. The van der Waals surface area contributed by atoms with E-state index in [0.29, 0.717) is 24.5 Å². The quantitative estimate of drug-likeness (QED) is 0.774. The molecule has 1 fully saturated rings. The Morgan fingerprint density at radius 1 is 1.38 bits per heavy atom. The fourth-order valence-electron chi connectivity index (χ4n) is 2.81. The highest BCUT2D eigenvalue weighted by Gasteiger charge is 2.31. The summed E-state index contributed by atoms with van der Waals surface area (Å²) in [5, 5.41) is 3.14. The lowest BCUT2D eigenvalue weighted by atomic mass is 9.92. The lowest BCUT2D eigenvalue weighted by Gasteiger charge is -2.17. The number of ether oxygens (including phenoxy) is 1. The monoisotopic (exact) mass is 353 g/mol. The highest BCUT2D eigenvalue weighted by atomic mass is 79.9. The van der Waals surface area contributed by atoms with Crippen LogP contribution in [0.1, 0.15) is 46.0 Å². The molecule has 21 heavy (non-hydrogen) atoms. The van der Waals surface area contributed by atoms with E-state index in [1.807, 2.05) is 24.3 Å². The van der Waals surface area contributed by atoms with E-state index in [2.05, 4.69) is 35.1 Å². The van der Waals surface area contributed by atoms with E-state index in [1.54, 1.807) is 0 Å². The number of halogens is 1. The second kappa shape index (κ2) is 7.30. The van der Waals surface area contributed by atoms with Crippen LogP contribution < -0.4 is 10.1 Å². The maximum atomic E-state index is 11.9. The van der Waals surface area contributed by atoms with Crippen molar-refractivity contribution in [2.24, 2.45) is 5.41 Å². The largest absolute Gasteiger partial charge is 0.494 e. The lowest BCUT2D eigenvalue weighted by molar-refractivity contribution is -0.122. The topological polar surface area (TPSA) is 38.3 Å². The number of hydrogen-bond acceptors (Lipinski definition) is 2. The molecule has 116 valence electrons. The zero-order valence-electron chi connectivity index (χ0n) is 12.8. The third-order valence-corrected chi connectivity index (χ3v) is 4.49. The Hall–Kier alpha value is -1.03. The van der Waals surface area contributed by atoms with Gasteiger partial charge in [0.25, 0.3) is 0 Å². The number of rotatable bonds is 6. The Bertz CT molecular complexity index is 470. The average Bonchev–Trinajstić information content (AvgIpc) is 2.76. The van der Waals surface area contributed by atoms with Crippen LogP contribution in [-0.2, 0) is 4.79 Å². The maximum Gasteiger partial charge on any atom is 0.220 e. The summed E-state index contributed by atoms with van der Waals surface area (Å²) in [4.78, 5) is 11.9. The van der Waals surface area contributed by atoms with Gasteiger partial charge in [-0.25, -0.2) is 0 Å². The van der Waals surface area contributed by atoms with Gasteiger partial charge in [-0.1, -0.05) is 29.8 Å². The Morgan fingerprint density at radius 3 is 2.71 bits per heavy atom. The second-order valence-electron chi connectivity index (χ2n) is 6.58. The third kappa shape index (κ3) is 5.70. The zero-order chi connectivity index (χ0) is 15.3. The standard InChI is InChI=1S/C17H24BrNO2/c1-17(2)10-9-14(12-17)19-16(20)4-3-11-21-15-7-5-13(18)6-8-15/h5-8,14H,3-4,9-12H2,1-2H3,(H,19,20). The summed E-state index contributed by atoms with van der Waals surface area (Å²) in [6.45, 7) is 5.11. The fourth-order valence-corrected chi connectivity index (χ4v) is 3.08. The highest BCUT2D eigenvalue weighted by Crippen LogP contribution is 2.36. The summed E-state index contributed by atoms with van der Waals surface area (Å²) in [5.41, 5.74) is 0.378. The number of carbonyl (C=O) groups is 1. The maximum absolute atomic E-state index is 11.9. The van der Waals surface area contributed by atoms with Crippen molar-refractivity contribution < 1.29 is 9.53 Å². The molecular formula is C17H24BrNO2. The van der Waals surface area contributed by atoms with Gasteiger partial charge in [-0.3, -0.25) is 4.79 Å². The minimum absolute atomic E-state index is 0.150. The predicted molar refractivity (Wildman–Crippen MR) is 88.4 cm³/mol. The summed E-state index contributed by atoms with van der Waals surface area (Å²) < 4.78 is 6.65. The number of amides is 1. The van der Waals surface area contributed by atoms with Gasteiger partial charge in [0.05, 0.1) is 6.61 Å². The Morgan fingerprint density at radius 2 is 2.10 bits per heavy atom. The minimum atomic E-state index is 0.150. The van der Waals surface area contributed by atoms with Crippen LogP contribution >= 0.6 is 15.9 Å². The van der Waals surface area contributed by atoms with Crippen molar-refractivity contribution in [1.82, 2.24) is 5.32 Å². The van der Waals surface area contributed by atoms with Gasteiger partial charge >= 0.3 is 0 Å². The molecule has 1 aromatic rings. The number of hydrogen-bond donors (Lipinski definition) is 1. The Kier molecular flexibility index (Phi) is 5.68. The molecule has 0 aliphatic heterocycles. The number of benzene rings is 1. The first-order chi connectivity index (χ1) is 9.94. The molecule has 1 aromatic carbocycles. The molecule has 1 aliphatic carbocycles. The van der Waals surface area contributed by atoms with E-state index >= 15 is 0 Å². The van der Waals surface area contributed by atoms with E-state index < -0.39 is 0 Å². The third-order valence-electron chi connectivity index (χ3n) is 3.96. The molecule has 2 rings (SSSR count). The predicted octanol–water partition coefficient (Wildman–Crippen LogP) is 4.30. The van der Waals surface area contributed by atoms with Crippen LogP contribution in [0.15, 0.2) is 28.7 Å². The molecule has 1 amide bonds. The van der Waals surface area contributed by atoms with E-state index in [-0.39, 0.29) is 5.91 Å². The summed E-state index contributed by atoms with van der Waals surface area (Å²) in [6, 6.07) is 8.10. The van der Waals surface area contributed by atoms with Crippen LogP contribution in [-0.4, -0.2) is 18.6 Å². The van der Waals surface area contributed by atoms with Gasteiger partial charge in [0, 0.05) is 16.9 Å². The average molecular weight is 354 g/mol. The summed E-state index contributed by atoms with van der Waals surface area (Å²) in [7, 11) is 0. The number of carbonyl (C=O) groups excluding carboxylic acids is 1. The smallest absolute Gasteiger partial charge is 0.220 e. The molecule has 0 radical (unpaired) electrons. The Labute approximate surface area is 135 Å². The lowest BCUT2D eigenvalue weighted by Crippen LogP contribution is -2.33. The minimum Gasteiger partial charge on any atom is -0.494 e. The van der Waals surface area contributed by atoms with Gasteiger partial charge in [0.15, 0.2) is 0 Å². The molecule has 1 atom stereocenters. The first kappa shape index (κ1) is 16.3. The first-order valence-corrected chi connectivity index (χ1v) is 8.42. The van der Waals surface area contributed by atoms with Crippen molar-refractivity contribution in [3.8, 4) is 5.75 Å². The van der Waals surface area contributed by atoms with Gasteiger partial charge in [-0.15, -0.1) is 0 Å². The molecule has 3 nitrogen and oxygen atoms in total. The molecule has 1 N–H and O–H groups in total. The van der Waals surface area contributed by atoms with Gasteiger partial charge in [-0.2, -0.15) is 0 Å². The fraction of sp³-hybridized carbons (Fsp3) is 0.588. The molecule has 1 aliphatic rings. The van der Waals surface area contributed by atoms with Crippen molar-refractivity contribution in [3.63, 3.8) is 0 Å². The van der Waals surface area contributed by atoms with Crippen molar-refractivity contribution in [2.75, 3.05) is 6.61 Å². The van der Waals surface area contributed by atoms with Crippen molar-refractivity contribution >= 4 is 21.8 Å². The molecule has 0 aromatic heterocycles.